The van der Waals surface area contributed by atoms with Crippen LogP contribution in [-0.2, 0) is 4.74 Å². The molecule has 1 unspecified atom stereocenters. The third-order valence-electron chi connectivity index (χ3n) is 3.06. The molecule has 0 spiro atoms. The van der Waals surface area contributed by atoms with Gasteiger partial charge in [0, 0.05) is 30.5 Å². The summed E-state index contributed by atoms with van der Waals surface area (Å²) in [6.45, 7) is 3.37. The highest BCUT2D eigenvalue weighted by atomic mass is 16.5. The van der Waals surface area contributed by atoms with E-state index in [4.69, 9.17) is 15.6 Å². The van der Waals surface area contributed by atoms with Crippen LogP contribution in [0.25, 0.3) is 0 Å². The summed E-state index contributed by atoms with van der Waals surface area (Å²) < 4.78 is 5.34. The molecule has 2 heterocycles. The summed E-state index contributed by atoms with van der Waals surface area (Å²) in [5, 5.41) is 9.06. The Hall–Kier alpha value is -1.04. The average Bonchev–Trinajstić information content (AvgIpc) is 2.38. The van der Waals surface area contributed by atoms with E-state index in [0.29, 0.717) is 11.7 Å². The van der Waals surface area contributed by atoms with Crippen molar-refractivity contribution >= 4 is 0 Å². The van der Waals surface area contributed by atoms with Gasteiger partial charge in [0.2, 0.25) is 0 Å². The maximum Gasteiger partial charge on any atom is 0.147 e. The van der Waals surface area contributed by atoms with Crippen molar-refractivity contribution in [2.24, 2.45) is 5.73 Å². The van der Waals surface area contributed by atoms with Crippen LogP contribution in [0.15, 0.2) is 6.07 Å². The third kappa shape index (κ3) is 3.00. The Morgan fingerprint density at radius 2 is 2.18 bits per heavy atom. The van der Waals surface area contributed by atoms with Gasteiger partial charge in [-0.15, -0.1) is 0 Å². The molecule has 5 nitrogen and oxygen atoms in total. The van der Waals surface area contributed by atoms with Crippen molar-refractivity contribution in [2.45, 2.75) is 31.7 Å². The van der Waals surface area contributed by atoms with E-state index in [0.717, 1.165) is 37.4 Å². The van der Waals surface area contributed by atoms with Gasteiger partial charge in [0.25, 0.3) is 0 Å². The van der Waals surface area contributed by atoms with E-state index < -0.39 is 6.04 Å². The van der Waals surface area contributed by atoms with Crippen LogP contribution in [0.5, 0.6) is 0 Å². The maximum absolute atomic E-state index is 9.06. The topological polar surface area (TPSA) is 81.3 Å². The fraction of sp³-hybridized carbons (Fsp3) is 0.667. The van der Waals surface area contributed by atoms with Crippen molar-refractivity contribution in [1.82, 2.24) is 9.97 Å². The van der Waals surface area contributed by atoms with Crippen LogP contribution >= 0.6 is 0 Å². The number of rotatable bonds is 3. The quantitative estimate of drug-likeness (QED) is 0.807. The van der Waals surface area contributed by atoms with E-state index in [9.17, 15) is 0 Å². The minimum atomic E-state index is -0.492. The molecule has 1 aliphatic heterocycles. The van der Waals surface area contributed by atoms with E-state index in [-0.39, 0.29) is 6.61 Å². The molecule has 1 atom stereocenters. The summed E-state index contributed by atoms with van der Waals surface area (Å²) in [6.07, 6.45) is 1.98. The van der Waals surface area contributed by atoms with E-state index in [1.54, 1.807) is 0 Å². The van der Waals surface area contributed by atoms with Crippen LogP contribution in [0, 0.1) is 6.92 Å². The first-order valence-electron chi connectivity index (χ1n) is 6.00. The van der Waals surface area contributed by atoms with Crippen molar-refractivity contribution in [3.05, 3.63) is 23.3 Å². The lowest BCUT2D eigenvalue weighted by Crippen LogP contribution is -2.21. The first-order valence-corrected chi connectivity index (χ1v) is 6.00. The largest absolute Gasteiger partial charge is 0.394 e. The first kappa shape index (κ1) is 12.4. The Morgan fingerprint density at radius 1 is 1.47 bits per heavy atom. The molecule has 17 heavy (non-hydrogen) atoms. The average molecular weight is 237 g/mol. The van der Waals surface area contributed by atoms with Gasteiger partial charge in [-0.05, 0) is 25.8 Å². The molecule has 3 N–H and O–H groups in total. The van der Waals surface area contributed by atoms with Crippen LogP contribution in [0.2, 0.25) is 0 Å². The summed E-state index contributed by atoms with van der Waals surface area (Å²) >= 11 is 0. The summed E-state index contributed by atoms with van der Waals surface area (Å²) in [4.78, 5) is 8.75. The molecule has 1 aromatic rings. The summed E-state index contributed by atoms with van der Waals surface area (Å²) in [7, 11) is 0. The van der Waals surface area contributed by atoms with Crippen molar-refractivity contribution in [1.29, 1.82) is 0 Å². The third-order valence-corrected chi connectivity index (χ3v) is 3.06. The second kappa shape index (κ2) is 5.53. The minimum absolute atomic E-state index is 0.128. The predicted molar refractivity (Wildman–Crippen MR) is 63.6 cm³/mol. The molecule has 0 saturated carbocycles. The molecule has 94 valence electrons. The lowest BCUT2D eigenvalue weighted by molar-refractivity contribution is 0.0843. The number of hydrogen-bond donors (Lipinski definition) is 2. The van der Waals surface area contributed by atoms with Gasteiger partial charge in [-0.25, -0.2) is 9.97 Å². The molecule has 1 saturated heterocycles. The zero-order valence-electron chi connectivity index (χ0n) is 10.1. The molecule has 0 aromatic carbocycles. The van der Waals surface area contributed by atoms with Gasteiger partial charge in [-0.3, -0.25) is 0 Å². The minimum Gasteiger partial charge on any atom is -0.394 e. The Labute approximate surface area is 101 Å². The summed E-state index contributed by atoms with van der Waals surface area (Å²) in [5.74, 6) is 0.962. The standard InChI is InChI=1S/C12H19N3O2/c1-8-6-11(9-2-4-17-5-3-9)15-12(14-8)10(13)7-16/h6,9-10,16H,2-5,7,13H2,1H3. The van der Waals surface area contributed by atoms with Gasteiger partial charge < -0.3 is 15.6 Å². The van der Waals surface area contributed by atoms with Gasteiger partial charge in [0.1, 0.15) is 5.82 Å². The zero-order valence-corrected chi connectivity index (χ0v) is 10.1. The van der Waals surface area contributed by atoms with Gasteiger partial charge >= 0.3 is 0 Å². The Morgan fingerprint density at radius 3 is 2.82 bits per heavy atom. The number of aryl methyl sites for hydroxylation is 1. The highest BCUT2D eigenvalue weighted by Crippen LogP contribution is 2.26. The van der Waals surface area contributed by atoms with E-state index in [1.165, 1.54) is 0 Å². The van der Waals surface area contributed by atoms with Crippen molar-refractivity contribution in [3.63, 3.8) is 0 Å². The molecule has 0 amide bonds. The fourth-order valence-electron chi connectivity index (χ4n) is 2.07. The smallest absolute Gasteiger partial charge is 0.147 e. The SMILES string of the molecule is Cc1cc(C2CCOCC2)nc(C(N)CO)n1. The fourth-order valence-corrected chi connectivity index (χ4v) is 2.07. The monoisotopic (exact) mass is 237 g/mol. The van der Waals surface area contributed by atoms with Crippen molar-refractivity contribution in [2.75, 3.05) is 19.8 Å². The molecule has 0 bridgehead atoms. The van der Waals surface area contributed by atoms with Gasteiger partial charge in [-0.1, -0.05) is 0 Å². The normalized spacial score (nSPS) is 19.2. The molecule has 0 radical (unpaired) electrons. The highest BCUT2D eigenvalue weighted by Gasteiger charge is 2.19. The van der Waals surface area contributed by atoms with E-state index >= 15 is 0 Å². The van der Waals surface area contributed by atoms with Crippen molar-refractivity contribution in [3.8, 4) is 0 Å². The second-order valence-corrected chi connectivity index (χ2v) is 4.47. The lowest BCUT2D eigenvalue weighted by atomic mass is 9.96. The molecule has 1 fully saturated rings. The molecule has 2 rings (SSSR count). The van der Waals surface area contributed by atoms with Gasteiger partial charge in [-0.2, -0.15) is 0 Å². The van der Waals surface area contributed by atoms with Gasteiger partial charge in [0.15, 0.2) is 0 Å². The number of nitrogens with zero attached hydrogens (tertiary/aromatic N) is 2. The highest BCUT2D eigenvalue weighted by molar-refractivity contribution is 5.16. The maximum atomic E-state index is 9.06. The van der Waals surface area contributed by atoms with Crippen LogP contribution in [-0.4, -0.2) is 34.9 Å². The molecular weight excluding hydrogens is 218 g/mol. The number of aromatic nitrogens is 2. The van der Waals surface area contributed by atoms with E-state index in [1.807, 2.05) is 13.0 Å². The van der Waals surface area contributed by atoms with E-state index in [2.05, 4.69) is 9.97 Å². The molecular formula is C12H19N3O2. The van der Waals surface area contributed by atoms with Crippen molar-refractivity contribution < 1.29 is 9.84 Å². The van der Waals surface area contributed by atoms with Crippen LogP contribution in [0.1, 0.15) is 42.0 Å². The van der Waals surface area contributed by atoms with Crippen LogP contribution in [0.4, 0.5) is 0 Å². The number of hydrogen-bond acceptors (Lipinski definition) is 5. The second-order valence-electron chi connectivity index (χ2n) is 4.47. The van der Waals surface area contributed by atoms with Gasteiger partial charge in [0.05, 0.1) is 12.6 Å². The zero-order chi connectivity index (χ0) is 12.3. The lowest BCUT2D eigenvalue weighted by Gasteiger charge is -2.22. The molecule has 0 aliphatic carbocycles. The Bertz CT molecular complexity index is 378. The number of nitrogens with two attached hydrogens (primary N) is 1. The Balaban J connectivity index is 2.24. The number of aliphatic hydroxyl groups excluding tert-OH is 1. The first-order chi connectivity index (χ1) is 8.20. The summed E-state index contributed by atoms with van der Waals surface area (Å²) in [6, 6.07) is 1.51. The Kier molecular flexibility index (Phi) is 4.04. The van der Waals surface area contributed by atoms with Crippen LogP contribution in [0.3, 0.4) is 0 Å². The molecule has 1 aliphatic rings. The number of aliphatic hydroxyl groups is 1. The summed E-state index contributed by atoms with van der Waals surface area (Å²) in [5.41, 5.74) is 7.69. The predicted octanol–water partition coefficient (Wildman–Crippen LogP) is 0.671. The van der Waals surface area contributed by atoms with Crippen LogP contribution < -0.4 is 5.73 Å². The number of ether oxygens (including phenoxy) is 1. The molecule has 5 heteroatoms. The molecule has 1 aromatic heterocycles.